The minimum absolute atomic E-state index is 0.222. The first-order valence-corrected chi connectivity index (χ1v) is 10.3. The molecule has 1 amide bonds. The minimum atomic E-state index is 0.222. The summed E-state index contributed by atoms with van der Waals surface area (Å²) >= 11 is 3.25. The molecule has 2 aromatic heterocycles. The first-order chi connectivity index (χ1) is 11.2. The molecule has 0 radical (unpaired) electrons. The summed E-state index contributed by atoms with van der Waals surface area (Å²) in [5, 5.41) is 3.04. The van der Waals surface area contributed by atoms with Crippen LogP contribution in [0.5, 0.6) is 0 Å². The van der Waals surface area contributed by atoms with Crippen molar-refractivity contribution < 1.29 is 4.79 Å². The van der Waals surface area contributed by atoms with Gasteiger partial charge in [0.15, 0.2) is 0 Å². The van der Waals surface area contributed by atoms with Gasteiger partial charge in [-0.05, 0) is 50.0 Å². The number of rotatable bonds is 2. The van der Waals surface area contributed by atoms with E-state index in [9.17, 15) is 4.79 Å². The van der Waals surface area contributed by atoms with Gasteiger partial charge in [0.1, 0.15) is 9.88 Å². The van der Waals surface area contributed by atoms with Crippen LogP contribution in [0.1, 0.15) is 53.9 Å². The smallest absolute Gasteiger partial charge is 0.266 e. The highest BCUT2D eigenvalue weighted by molar-refractivity contribution is 7.22. The number of fused-ring (bicyclic) bond motifs is 1. The average molecular weight is 347 g/mol. The number of amides is 1. The molecular weight excluding hydrogens is 324 g/mol. The Hall–Kier alpha value is -1.20. The molecule has 1 saturated heterocycles. The minimum Gasteiger partial charge on any atom is -0.335 e. The van der Waals surface area contributed by atoms with Gasteiger partial charge < -0.3 is 4.90 Å². The van der Waals surface area contributed by atoms with Gasteiger partial charge in [0.25, 0.3) is 5.91 Å². The molecule has 1 saturated carbocycles. The van der Waals surface area contributed by atoms with Crippen LogP contribution >= 0.6 is 22.7 Å². The van der Waals surface area contributed by atoms with Crippen LogP contribution in [0.15, 0.2) is 17.5 Å². The van der Waals surface area contributed by atoms with Crippen molar-refractivity contribution in [2.75, 3.05) is 6.54 Å². The maximum atomic E-state index is 13.2. The third-order valence-electron chi connectivity index (χ3n) is 5.23. The van der Waals surface area contributed by atoms with Crippen molar-refractivity contribution in [3.63, 3.8) is 0 Å². The third kappa shape index (κ3) is 2.85. The Balaban J connectivity index is 1.61. The molecule has 0 bridgehead atoms. The number of aromatic nitrogens is 1. The van der Waals surface area contributed by atoms with E-state index >= 15 is 0 Å². The van der Waals surface area contributed by atoms with Gasteiger partial charge in [0, 0.05) is 12.6 Å². The monoisotopic (exact) mass is 346 g/mol. The zero-order chi connectivity index (χ0) is 15.8. The fourth-order valence-corrected chi connectivity index (χ4v) is 5.93. The van der Waals surface area contributed by atoms with Crippen molar-refractivity contribution >= 4 is 28.6 Å². The van der Waals surface area contributed by atoms with Crippen molar-refractivity contribution in [3.05, 3.63) is 28.1 Å². The summed E-state index contributed by atoms with van der Waals surface area (Å²) in [7, 11) is 0. The number of carbonyl (C=O) groups excluding carboxylic acids is 1. The highest BCUT2D eigenvalue weighted by atomic mass is 32.1. The molecule has 2 fully saturated rings. The summed E-state index contributed by atoms with van der Waals surface area (Å²) in [6.45, 7) is 2.90. The fraction of sp³-hybridized carbons (Fsp3) is 0.556. The van der Waals surface area contributed by atoms with Crippen LogP contribution in [0.2, 0.25) is 0 Å². The molecule has 0 aromatic carbocycles. The lowest BCUT2D eigenvalue weighted by molar-refractivity contribution is 0.0394. The van der Waals surface area contributed by atoms with E-state index in [0.717, 1.165) is 39.3 Å². The van der Waals surface area contributed by atoms with E-state index in [0.29, 0.717) is 6.04 Å². The van der Waals surface area contributed by atoms with E-state index in [1.807, 2.05) is 13.0 Å². The maximum absolute atomic E-state index is 13.2. The van der Waals surface area contributed by atoms with Crippen molar-refractivity contribution in [1.82, 2.24) is 9.88 Å². The quantitative estimate of drug-likeness (QED) is 0.769. The number of piperidine rings is 1. The number of likely N-dealkylation sites (tertiary alicyclic amines) is 1. The van der Waals surface area contributed by atoms with Crippen molar-refractivity contribution in [3.8, 4) is 9.88 Å². The summed E-state index contributed by atoms with van der Waals surface area (Å²) in [5.74, 6) is 0.950. The highest BCUT2D eigenvalue weighted by Crippen LogP contribution is 2.38. The molecule has 4 rings (SSSR count). The van der Waals surface area contributed by atoms with Crippen LogP contribution < -0.4 is 0 Å². The normalized spacial score (nSPS) is 24.5. The molecule has 5 heteroatoms. The molecule has 0 N–H and O–H groups in total. The Morgan fingerprint density at radius 3 is 2.91 bits per heavy atom. The molecule has 122 valence electrons. The van der Waals surface area contributed by atoms with E-state index in [1.54, 1.807) is 22.7 Å². The van der Waals surface area contributed by atoms with E-state index in [1.165, 1.54) is 32.1 Å². The maximum Gasteiger partial charge on any atom is 0.266 e. The second-order valence-electron chi connectivity index (χ2n) is 6.66. The molecule has 2 aromatic rings. The van der Waals surface area contributed by atoms with Gasteiger partial charge in [-0.25, -0.2) is 4.98 Å². The number of nitrogens with zero attached hydrogens (tertiary/aromatic N) is 2. The fourth-order valence-electron chi connectivity index (χ4n) is 4.11. The summed E-state index contributed by atoms with van der Waals surface area (Å²) in [6, 6.07) is 4.58. The summed E-state index contributed by atoms with van der Waals surface area (Å²) < 4.78 is 0. The van der Waals surface area contributed by atoms with Crippen LogP contribution in [0.25, 0.3) is 9.88 Å². The lowest BCUT2D eigenvalue weighted by atomic mass is 9.78. The van der Waals surface area contributed by atoms with Gasteiger partial charge in [-0.2, -0.15) is 0 Å². The van der Waals surface area contributed by atoms with Gasteiger partial charge in [-0.1, -0.05) is 18.9 Å². The van der Waals surface area contributed by atoms with Gasteiger partial charge in [0.05, 0.1) is 10.6 Å². The predicted octanol–water partition coefficient (Wildman–Crippen LogP) is 4.97. The van der Waals surface area contributed by atoms with Crippen LogP contribution in [-0.4, -0.2) is 28.4 Å². The molecule has 2 unspecified atom stereocenters. The second kappa shape index (κ2) is 6.36. The number of hydrogen-bond acceptors (Lipinski definition) is 4. The standard InChI is InChI=1S/C18H22N2OS2/c1-12-16(23-17(19-12)15-9-5-11-22-15)18(21)20-10-4-7-13-6-2-3-8-14(13)20/h5,9,11,13-14H,2-4,6-8,10H2,1H3. The largest absolute Gasteiger partial charge is 0.335 e. The molecular formula is C18H22N2OS2. The lowest BCUT2D eigenvalue weighted by Crippen LogP contribution is -2.49. The summed E-state index contributed by atoms with van der Waals surface area (Å²) in [4.78, 5) is 22.0. The van der Waals surface area contributed by atoms with Gasteiger partial charge in [0.2, 0.25) is 0 Å². The first kappa shape index (κ1) is 15.3. The molecule has 0 spiro atoms. The molecule has 23 heavy (non-hydrogen) atoms. The lowest BCUT2D eigenvalue weighted by Gasteiger charge is -2.44. The molecule has 1 aliphatic carbocycles. The Kier molecular flexibility index (Phi) is 4.24. The number of thiazole rings is 1. The van der Waals surface area contributed by atoms with Crippen molar-refractivity contribution in [2.24, 2.45) is 5.92 Å². The Morgan fingerprint density at radius 1 is 1.26 bits per heavy atom. The topological polar surface area (TPSA) is 33.2 Å². The molecule has 3 nitrogen and oxygen atoms in total. The van der Waals surface area contributed by atoms with Crippen LogP contribution in [0.3, 0.4) is 0 Å². The number of aryl methyl sites for hydroxylation is 1. The van der Waals surface area contributed by atoms with Crippen LogP contribution in [-0.2, 0) is 0 Å². The number of thiophene rings is 1. The summed E-state index contributed by atoms with van der Waals surface area (Å²) in [6.07, 6.45) is 7.56. The molecule has 3 heterocycles. The Labute approximate surface area is 145 Å². The van der Waals surface area contributed by atoms with E-state index in [4.69, 9.17) is 0 Å². The third-order valence-corrected chi connectivity index (χ3v) is 7.41. The highest BCUT2D eigenvalue weighted by Gasteiger charge is 2.37. The Bertz CT molecular complexity index is 690. The predicted molar refractivity (Wildman–Crippen MR) is 96.2 cm³/mol. The van der Waals surface area contributed by atoms with Gasteiger partial charge in [-0.3, -0.25) is 4.79 Å². The van der Waals surface area contributed by atoms with E-state index < -0.39 is 0 Å². The van der Waals surface area contributed by atoms with Crippen LogP contribution in [0, 0.1) is 12.8 Å². The Morgan fingerprint density at radius 2 is 2.09 bits per heavy atom. The molecule has 2 aliphatic rings. The van der Waals surface area contributed by atoms with Crippen molar-refractivity contribution in [1.29, 1.82) is 0 Å². The first-order valence-electron chi connectivity index (χ1n) is 8.56. The van der Waals surface area contributed by atoms with E-state index in [-0.39, 0.29) is 5.91 Å². The molecule has 1 aliphatic heterocycles. The number of hydrogen-bond donors (Lipinski definition) is 0. The molecule has 2 atom stereocenters. The second-order valence-corrected chi connectivity index (χ2v) is 8.61. The van der Waals surface area contributed by atoms with Gasteiger partial charge in [-0.15, -0.1) is 22.7 Å². The van der Waals surface area contributed by atoms with Crippen molar-refractivity contribution in [2.45, 2.75) is 51.5 Å². The summed E-state index contributed by atoms with van der Waals surface area (Å²) in [5.41, 5.74) is 0.890. The zero-order valence-electron chi connectivity index (χ0n) is 13.5. The van der Waals surface area contributed by atoms with E-state index in [2.05, 4.69) is 21.3 Å². The SMILES string of the molecule is Cc1nc(-c2cccs2)sc1C(=O)N1CCCC2CCCCC21. The van der Waals surface area contributed by atoms with Gasteiger partial charge >= 0.3 is 0 Å². The number of carbonyl (C=O) groups is 1. The van der Waals surface area contributed by atoms with Crippen LogP contribution in [0.4, 0.5) is 0 Å². The average Bonchev–Trinajstić information content (AvgIpc) is 3.23. The zero-order valence-corrected chi connectivity index (χ0v) is 15.1.